The Kier molecular flexibility index (Phi) is 14.6. The minimum atomic E-state index is -0.796. The molecule has 0 aromatic heterocycles. The molecule has 3 heteroatoms. The first-order chi connectivity index (χ1) is 6.10. The Balaban J connectivity index is 0. The molecule has 0 aliphatic carbocycles. The van der Waals surface area contributed by atoms with Gasteiger partial charge in [-0.1, -0.05) is 13.8 Å². The van der Waals surface area contributed by atoms with E-state index in [0.717, 1.165) is 15.2 Å². The fraction of sp³-hybridized carbons (Fsp3) is 1.00. The molecule has 0 saturated carbocycles. The van der Waals surface area contributed by atoms with Crippen molar-refractivity contribution < 1.29 is 0 Å². The van der Waals surface area contributed by atoms with E-state index in [4.69, 9.17) is 0 Å². The zero-order chi connectivity index (χ0) is 10.7. The van der Waals surface area contributed by atoms with E-state index < -0.39 is 6.68 Å². The monoisotopic (exact) mass is 280 g/mol. The summed E-state index contributed by atoms with van der Waals surface area (Å²) in [6.07, 6.45) is 0. The first-order valence-corrected chi connectivity index (χ1v) is 12.3. The predicted octanol–water partition coefficient (Wildman–Crippen LogP) is 3.73. The van der Waals surface area contributed by atoms with E-state index >= 15 is 0 Å². The molecule has 0 fully saturated rings. The molecule has 13 heavy (non-hydrogen) atoms. The second-order valence-electron chi connectivity index (χ2n) is 3.35. The summed E-state index contributed by atoms with van der Waals surface area (Å²) in [7, 11) is 0. The molecular weight excluding hydrogens is 254 g/mol. The molecule has 0 heterocycles. The van der Waals surface area contributed by atoms with Crippen molar-refractivity contribution in [2.24, 2.45) is 0 Å². The van der Waals surface area contributed by atoms with E-state index in [9.17, 15) is 0 Å². The van der Waals surface area contributed by atoms with Gasteiger partial charge in [0.15, 0.2) is 15.2 Å². The number of hydrogen-bond donors (Lipinski definition) is 0. The summed E-state index contributed by atoms with van der Waals surface area (Å²) in [6, 6.07) is 4.21. The second-order valence-corrected chi connectivity index (χ2v) is 15.5. The smallest absolute Gasteiger partial charge is 0.106 e. The van der Waals surface area contributed by atoms with Crippen molar-refractivity contribution >= 4 is 37.3 Å². The van der Waals surface area contributed by atoms with Crippen molar-refractivity contribution in [2.75, 3.05) is 0 Å². The van der Waals surface area contributed by atoms with Crippen LogP contribution in [0.1, 0.15) is 34.6 Å². The molecule has 0 amide bonds. The van der Waals surface area contributed by atoms with Crippen LogP contribution < -0.4 is 0 Å². The van der Waals surface area contributed by atoms with Crippen LogP contribution in [0, 0.1) is 0 Å². The third kappa shape index (κ3) is 11.2. The van der Waals surface area contributed by atoms with Gasteiger partial charge >= 0.3 is 61.0 Å². The summed E-state index contributed by atoms with van der Waals surface area (Å²) in [5.41, 5.74) is 0. The van der Waals surface area contributed by atoms with E-state index in [1.807, 2.05) is 0 Å². The van der Waals surface area contributed by atoms with Crippen LogP contribution in [0.5, 0.6) is 0 Å². The predicted molar refractivity (Wildman–Crippen MR) is 69.7 cm³/mol. The average Bonchev–Trinajstić information content (AvgIpc) is 2.19. The summed E-state index contributed by atoms with van der Waals surface area (Å²) < 4.78 is 0. The molecule has 78 valence electrons. The van der Waals surface area contributed by atoms with Gasteiger partial charge in [0, 0.05) is 0 Å². The van der Waals surface area contributed by atoms with Crippen LogP contribution in [-0.2, 0) is 0 Å². The molecule has 2 radical (unpaired) electrons. The van der Waals surface area contributed by atoms with Gasteiger partial charge in [-0.05, 0) is 0 Å². The van der Waals surface area contributed by atoms with E-state index in [1.54, 1.807) is 0 Å². The molecule has 0 aromatic rings. The van der Waals surface area contributed by atoms with Gasteiger partial charge < -0.3 is 0 Å². The molecule has 0 N–H and O–H groups in total. The normalized spacial score (nSPS) is 10.3. The summed E-state index contributed by atoms with van der Waals surface area (Å²) >= 11 is 4.19. The van der Waals surface area contributed by atoms with Gasteiger partial charge in [0.25, 0.3) is 0 Å². The standard InChI is InChI=1S/C6H15SeSi.2C2H5.Al/c1-4-8(7,5-2)6-3;2*1-2;/h4-6H2,1-3H3;2*1H2,2H3;. The molecule has 0 saturated heterocycles. The van der Waals surface area contributed by atoms with E-state index in [1.165, 1.54) is 28.7 Å². The van der Waals surface area contributed by atoms with E-state index in [0.29, 0.717) is 0 Å². The minimum absolute atomic E-state index is 0.796. The van der Waals surface area contributed by atoms with Gasteiger partial charge in [0.05, 0.1) is 0 Å². The molecule has 0 aliphatic rings. The molecule has 0 aliphatic heterocycles. The van der Waals surface area contributed by atoms with Crippen molar-refractivity contribution in [3.05, 3.63) is 0 Å². The molecule has 0 rings (SSSR count). The largest absolute Gasteiger partial charge is 0.198 e. The molecule has 0 unspecified atom stereocenters. The minimum Gasteiger partial charge on any atom is -0.106 e. The van der Waals surface area contributed by atoms with Crippen molar-refractivity contribution in [3.8, 4) is 0 Å². The molecule has 0 spiro atoms. The maximum Gasteiger partial charge on any atom is 0.198 e. The Morgan fingerprint density at radius 2 is 1.15 bits per heavy atom. The topological polar surface area (TPSA) is 0 Å². The van der Waals surface area contributed by atoms with Crippen LogP contribution >= 0.6 is 0 Å². The van der Waals surface area contributed by atoms with Crippen LogP contribution in [-0.4, -0.2) is 37.3 Å². The molecule has 0 atom stereocenters. The summed E-state index contributed by atoms with van der Waals surface area (Å²) in [6.45, 7) is 10.6. The Bertz CT molecular complexity index is 84.7. The number of hydrogen-bond acceptors (Lipinski definition) is 0. The van der Waals surface area contributed by atoms with Gasteiger partial charge in [-0.2, -0.15) is 0 Å². The fourth-order valence-corrected chi connectivity index (χ4v) is 3.12. The Hall–Kier alpha value is 1.27. The maximum absolute atomic E-state index is 3.38. The van der Waals surface area contributed by atoms with Gasteiger partial charge in [-0.15, -0.1) is 10.6 Å². The third-order valence-corrected chi connectivity index (χ3v) is 13.0. The summed E-state index contributed by atoms with van der Waals surface area (Å²) in [4.78, 5) is 0. The van der Waals surface area contributed by atoms with Crippen LogP contribution in [0.3, 0.4) is 0 Å². The van der Waals surface area contributed by atoms with Crippen molar-refractivity contribution in [2.45, 2.75) is 63.3 Å². The Morgan fingerprint density at radius 3 is 1.15 bits per heavy atom. The summed E-state index contributed by atoms with van der Waals surface area (Å²) in [5, 5.41) is 2.85. The van der Waals surface area contributed by atoms with E-state index in [2.05, 4.69) is 50.0 Å². The van der Waals surface area contributed by atoms with Crippen molar-refractivity contribution in [1.29, 1.82) is 0 Å². The molecule has 0 nitrogen and oxygen atoms in total. The Labute approximate surface area is 100 Å². The van der Waals surface area contributed by atoms with Gasteiger partial charge in [-0.3, -0.25) is 0 Å². The third-order valence-electron chi connectivity index (χ3n) is 2.51. The summed E-state index contributed by atoms with van der Waals surface area (Å²) in [5.74, 6) is 0. The first-order valence-electron chi connectivity index (χ1n) is 5.62. The Morgan fingerprint density at radius 1 is 0.846 bits per heavy atom. The van der Waals surface area contributed by atoms with E-state index in [-0.39, 0.29) is 0 Å². The quantitative estimate of drug-likeness (QED) is 0.673. The van der Waals surface area contributed by atoms with Gasteiger partial charge in [0.2, 0.25) is 0 Å². The molecule has 0 bridgehead atoms. The van der Waals surface area contributed by atoms with Crippen molar-refractivity contribution in [3.63, 3.8) is 0 Å². The zero-order valence-corrected chi connectivity index (χ0v) is 13.9. The zero-order valence-electron chi connectivity index (χ0n) is 10.0. The molecule has 0 aromatic carbocycles. The van der Waals surface area contributed by atoms with Crippen LogP contribution in [0.4, 0.5) is 0 Å². The van der Waals surface area contributed by atoms with Crippen molar-refractivity contribution in [1.82, 2.24) is 0 Å². The first kappa shape index (κ1) is 16.7. The van der Waals surface area contributed by atoms with Crippen LogP contribution in [0.25, 0.3) is 0 Å². The maximum atomic E-state index is 3.38. The van der Waals surface area contributed by atoms with Gasteiger partial charge in [-0.25, -0.2) is 0 Å². The molecular formula is C10H25AlSeSi. The van der Waals surface area contributed by atoms with Crippen LogP contribution in [0.15, 0.2) is 0 Å². The van der Waals surface area contributed by atoms with Crippen LogP contribution in [0.2, 0.25) is 28.7 Å². The van der Waals surface area contributed by atoms with Gasteiger partial charge in [0.1, 0.15) is 0 Å². The SMILES string of the molecule is CC[Si]([Se])(CC)CC.C[CH2][Al][CH2]C. The fourth-order valence-electron chi connectivity index (χ4n) is 1.04. The second kappa shape index (κ2) is 11.3. The number of rotatable bonds is 5. The average molecular weight is 279 g/mol.